The number of hydrogen-bond acceptors (Lipinski definition) is 6. The Morgan fingerprint density at radius 2 is 1.97 bits per heavy atom. The summed E-state index contributed by atoms with van der Waals surface area (Å²) in [4.78, 5) is 25.2. The zero-order valence-corrected chi connectivity index (χ0v) is 18.6. The van der Waals surface area contributed by atoms with Gasteiger partial charge in [-0.15, -0.1) is 17.9 Å². The third-order valence-corrected chi connectivity index (χ3v) is 7.32. The molecule has 156 valence electrons. The lowest BCUT2D eigenvalue weighted by atomic mass is 9.97. The summed E-state index contributed by atoms with van der Waals surface area (Å²) in [6, 6.07) is 5.86. The van der Waals surface area contributed by atoms with Crippen molar-refractivity contribution in [1.29, 1.82) is 0 Å². The van der Waals surface area contributed by atoms with E-state index in [2.05, 4.69) is 11.9 Å². The predicted octanol–water partition coefficient (Wildman–Crippen LogP) is 4.14. The van der Waals surface area contributed by atoms with Crippen molar-refractivity contribution in [2.24, 2.45) is 0 Å². The fourth-order valence-electron chi connectivity index (χ4n) is 2.86. The SMILES string of the molecule is C=CCS(=O)(=O)C(C)C(=O)Nc1scc(-c2ccc(C)cc2C)c1C(=O)OCC. The van der Waals surface area contributed by atoms with Crippen molar-refractivity contribution in [3.05, 3.63) is 52.9 Å². The molecule has 1 atom stereocenters. The fraction of sp³-hybridized carbons (Fsp3) is 0.333. The number of nitrogens with one attached hydrogen (secondary N) is 1. The molecule has 0 spiro atoms. The maximum atomic E-state index is 12.7. The molecule has 1 N–H and O–H groups in total. The van der Waals surface area contributed by atoms with Gasteiger partial charge in [0.2, 0.25) is 5.91 Å². The van der Waals surface area contributed by atoms with Crippen LogP contribution in [-0.4, -0.2) is 37.9 Å². The van der Waals surface area contributed by atoms with Crippen LogP contribution in [0.4, 0.5) is 5.00 Å². The molecule has 0 aliphatic rings. The van der Waals surface area contributed by atoms with Crippen molar-refractivity contribution >= 4 is 38.1 Å². The number of thiophene rings is 1. The van der Waals surface area contributed by atoms with E-state index in [4.69, 9.17) is 4.74 Å². The van der Waals surface area contributed by atoms with E-state index in [0.29, 0.717) is 5.56 Å². The van der Waals surface area contributed by atoms with E-state index in [-0.39, 0.29) is 22.9 Å². The molecular formula is C21H25NO5S2. The van der Waals surface area contributed by atoms with Crippen molar-refractivity contribution in [3.8, 4) is 11.1 Å². The molecule has 8 heteroatoms. The number of esters is 1. The van der Waals surface area contributed by atoms with E-state index in [1.54, 1.807) is 12.3 Å². The normalized spacial score (nSPS) is 12.3. The molecule has 2 rings (SSSR count). The van der Waals surface area contributed by atoms with E-state index in [1.807, 2.05) is 32.0 Å². The average molecular weight is 436 g/mol. The lowest BCUT2D eigenvalue weighted by Gasteiger charge is -2.13. The minimum Gasteiger partial charge on any atom is -0.462 e. The van der Waals surface area contributed by atoms with Gasteiger partial charge in [-0.1, -0.05) is 29.8 Å². The Bertz CT molecular complexity index is 1040. The molecular weight excluding hydrogens is 410 g/mol. The number of benzene rings is 1. The minimum absolute atomic E-state index is 0.179. The summed E-state index contributed by atoms with van der Waals surface area (Å²) in [7, 11) is -3.67. The number of ether oxygens (including phenoxy) is 1. The third kappa shape index (κ3) is 5.13. The highest BCUT2D eigenvalue weighted by atomic mass is 32.2. The van der Waals surface area contributed by atoms with Crippen LogP contribution < -0.4 is 5.32 Å². The first-order chi connectivity index (χ1) is 13.6. The van der Waals surface area contributed by atoms with E-state index in [9.17, 15) is 18.0 Å². The van der Waals surface area contributed by atoms with E-state index in [0.717, 1.165) is 28.0 Å². The van der Waals surface area contributed by atoms with Crippen molar-refractivity contribution in [3.63, 3.8) is 0 Å². The summed E-state index contributed by atoms with van der Waals surface area (Å²) >= 11 is 1.16. The summed E-state index contributed by atoms with van der Waals surface area (Å²) in [6.07, 6.45) is 1.24. The van der Waals surface area contributed by atoms with Gasteiger partial charge in [-0.05, 0) is 38.8 Å². The van der Waals surface area contributed by atoms with Crippen molar-refractivity contribution < 1.29 is 22.7 Å². The fourth-order valence-corrected chi connectivity index (χ4v) is 4.81. The Kier molecular flexibility index (Phi) is 7.37. The second kappa shape index (κ2) is 9.37. The molecule has 1 unspecified atom stereocenters. The molecule has 1 aromatic carbocycles. The van der Waals surface area contributed by atoms with Crippen LogP contribution in [0.5, 0.6) is 0 Å². The lowest BCUT2D eigenvalue weighted by Crippen LogP contribution is -2.33. The molecule has 29 heavy (non-hydrogen) atoms. The Morgan fingerprint density at radius 1 is 1.28 bits per heavy atom. The molecule has 0 saturated heterocycles. The minimum atomic E-state index is -3.67. The number of amides is 1. The molecule has 0 aliphatic carbocycles. The van der Waals surface area contributed by atoms with Gasteiger partial charge < -0.3 is 10.1 Å². The summed E-state index contributed by atoms with van der Waals surface area (Å²) in [5.41, 5.74) is 3.79. The molecule has 6 nitrogen and oxygen atoms in total. The second-order valence-electron chi connectivity index (χ2n) is 6.64. The van der Waals surface area contributed by atoms with E-state index >= 15 is 0 Å². The zero-order valence-electron chi connectivity index (χ0n) is 16.9. The lowest BCUT2D eigenvalue weighted by molar-refractivity contribution is -0.115. The van der Waals surface area contributed by atoms with Gasteiger partial charge in [-0.25, -0.2) is 13.2 Å². The summed E-state index contributed by atoms with van der Waals surface area (Å²) in [5, 5.41) is 3.36. The predicted molar refractivity (Wildman–Crippen MR) is 117 cm³/mol. The first kappa shape index (κ1) is 22.8. The van der Waals surface area contributed by atoms with Crippen LogP contribution in [0.15, 0.2) is 36.2 Å². The van der Waals surface area contributed by atoms with Crippen LogP contribution in [-0.2, 0) is 19.4 Å². The van der Waals surface area contributed by atoms with E-state index in [1.165, 1.54) is 13.0 Å². The van der Waals surface area contributed by atoms with Crippen molar-refractivity contribution in [2.45, 2.75) is 32.9 Å². The van der Waals surface area contributed by atoms with Crippen LogP contribution in [0.25, 0.3) is 11.1 Å². The molecule has 1 amide bonds. The highest BCUT2D eigenvalue weighted by Crippen LogP contribution is 2.38. The van der Waals surface area contributed by atoms with Crippen LogP contribution >= 0.6 is 11.3 Å². The smallest absolute Gasteiger partial charge is 0.341 e. The molecule has 0 radical (unpaired) electrons. The first-order valence-corrected chi connectivity index (χ1v) is 11.7. The molecule has 0 aliphatic heterocycles. The van der Waals surface area contributed by atoms with Crippen LogP contribution in [0.1, 0.15) is 35.3 Å². The number of rotatable bonds is 8. The van der Waals surface area contributed by atoms with Crippen LogP contribution in [0.3, 0.4) is 0 Å². The van der Waals surface area contributed by atoms with Gasteiger partial charge in [0.25, 0.3) is 0 Å². The third-order valence-electron chi connectivity index (χ3n) is 4.44. The quantitative estimate of drug-likeness (QED) is 0.497. The van der Waals surface area contributed by atoms with Crippen molar-refractivity contribution in [1.82, 2.24) is 0 Å². The van der Waals surface area contributed by atoms with Gasteiger partial charge in [0.1, 0.15) is 15.8 Å². The maximum Gasteiger partial charge on any atom is 0.341 e. The standard InChI is InChI=1S/C21H25NO5S2/c1-6-10-29(25,26)15(5)19(23)22-20-18(21(24)27-7-2)17(12-28-20)16-9-8-13(3)11-14(16)4/h6,8-9,11-12,15H,1,7,10H2,2-5H3,(H,22,23). The summed E-state index contributed by atoms with van der Waals surface area (Å²) < 4.78 is 29.5. The number of carbonyl (C=O) groups excluding carboxylic acids is 2. The number of hydrogen-bond donors (Lipinski definition) is 1. The van der Waals surface area contributed by atoms with Gasteiger partial charge in [0.05, 0.1) is 12.4 Å². The Morgan fingerprint density at radius 3 is 2.55 bits per heavy atom. The van der Waals surface area contributed by atoms with Crippen molar-refractivity contribution in [2.75, 3.05) is 17.7 Å². The van der Waals surface area contributed by atoms with Gasteiger partial charge in [-0.3, -0.25) is 4.79 Å². The number of carbonyl (C=O) groups is 2. The monoisotopic (exact) mass is 435 g/mol. The van der Waals surface area contributed by atoms with Gasteiger partial charge >= 0.3 is 5.97 Å². The van der Waals surface area contributed by atoms with Crippen LogP contribution in [0.2, 0.25) is 0 Å². The highest BCUT2D eigenvalue weighted by molar-refractivity contribution is 7.92. The van der Waals surface area contributed by atoms with E-state index < -0.39 is 27.0 Å². The van der Waals surface area contributed by atoms with Gasteiger partial charge in [-0.2, -0.15) is 0 Å². The molecule has 0 fully saturated rings. The number of anilines is 1. The highest BCUT2D eigenvalue weighted by Gasteiger charge is 2.30. The summed E-state index contributed by atoms with van der Waals surface area (Å²) in [6.45, 7) is 10.5. The Hall–Kier alpha value is -2.45. The first-order valence-electron chi connectivity index (χ1n) is 9.11. The Labute approximate surface area is 175 Å². The molecule has 1 aromatic heterocycles. The molecule has 0 bridgehead atoms. The largest absolute Gasteiger partial charge is 0.462 e. The van der Waals surface area contributed by atoms with Gasteiger partial charge in [0.15, 0.2) is 9.84 Å². The molecule has 2 aromatic rings. The summed E-state index contributed by atoms with van der Waals surface area (Å²) in [5.74, 6) is -1.57. The van der Waals surface area contributed by atoms with Crippen LogP contribution in [0, 0.1) is 13.8 Å². The second-order valence-corrected chi connectivity index (χ2v) is 9.89. The zero-order chi connectivity index (χ0) is 21.8. The number of sulfone groups is 1. The molecule has 0 saturated carbocycles. The number of aryl methyl sites for hydroxylation is 2. The topological polar surface area (TPSA) is 89.5 Å². The molecule has 1 heterocycles. The van der Waals surface area contributed by atoms with Gasteiger partial charge in [0, 0.05) is 10.9 Å². The maximum absolute atomic E-state index is 12.7. The Balaban J connectivity index is 2.48. The average Bonchev–Trinajstić information content (AvgIpc) is 3.04.